The molecule has 32 heavy (non-hydrogen) atoms. The number of fused-ring (bicyclic) bond motifs is 1. The lowest BCUT2D eigenvalue weighted by Gasteiger charge is -2.03. The molecule has 0 unspecified atom stereocenters. The van der Waals surface area contributed by atoms with Crippen LogP contribution >= 0.6 is 22.9 Å². The maximum atomic E-state index is 12.3. The molecule has 0 saturated carbocycles. The number of carbonyl (C=O) groups is 1. The van der Waals surface area contributed by atoms with E-state index in [1.807, 2.05) is 51.1 Å². The van der Waals surface area contributed by atoms with Gasteiger partial charge in [-0.1, -0.05) is 41.9 Å². The molecule has 3 heterocycles. The van der Waals surface area contributed by atoms with Gasteiger partial charge in [-0.05, 0) is 31.9 Å². The van der Waals surface area contributed by atoms with Crippen LogP contribution in [0.4, 0.5) is 0 Å². The van der Waals surface area contributed by atoms with Crippen LogP contribution in [0.2, 0.25) is 5.15 Å². The number of H-pyrrole nitrogens is 1. The van der Waals surface area contributed by atoms with Crippen molar-refractivity contribution in [1.82, 2.24) is 25.2 Å². The number of aryl methyl sites for hydroxylation is 3. The van der Waals surface area contributed by atoms with E-state index < -0.39 is 5.91 Å². The van der Waals surface area contributed by atoms with Crippen LogP contribution in [-0.4, -0.2) is 31.9 Å². The summed E-state index contributed by atoms with van der Waals surface area (Å²) in [5.41, 5.74) is 5.53. The lowest BCUT2D eigenvalue weighted by Crippen LogP contribution is -2.23. The number of aromatic amines is 1. The molecule has 8 nitrogen and oxygen atoms in total. The topological polar surface area (TPSA) is 105 Å². The molecule has 0 bridgehead atoms. The fraction of sp³-hybridized carbons (Fsp3) is 0.227. The number of nitrogens with one attached hydrogen (secondary N) is 2. The highest BCUT2D eigenvalue weighted by Crippen LogP contribution is 2.25. The van der Waals surface area contributed by atoms with E-state index in [4.69, 9.17) is 11.6 Å². The number of hydrogen-bond donors (Lipinski definition) is 2. The van der Waals surface area contributed by atoms with Gasteiger partial charge in [-0.3, -0.25) is 9.59 Å². The van der Waals surface area contributed by atoms with E-state index in [-0.39, 0.29) is 12.0 Å². The van der Waals surface area contributed by atoms with E-state index in [0.717, 1.165) is 16.0 Å². The molecule has 0 fully saturated rings. The molecule has 1 aromatic carbocycles. The molecular weight excluding hydrogens is 448 g/mol. The van der Waals surface area contributed by atoms with Crippen LogP contribution < -0.4 is 11.0 Å². The standard InChI is InChI=1S/C22H21ClN6O2S/c1-12-14(3)32-22-19(12)21(31)25-17(26-22)9-18(30)27-24-10-16-13(2)28-29(20(16)23)11-15-7-5-4-6-8-15/h4-8,10H,9,11H2,1-3H3,(H,27,30)(H,25,26,31)/b24-10+. The Morgan fingerprint density at radius 2 is 2.03 bits per heavy atom. The second kappa shape index (κ2) is 9.05. The molecule has 1 amide bonds. The lowest BCUT2D eigenvalue weighted by molar-refractivity contribution is -0.120. The van der Waals surface area contributed by atoms with Crippen LogP contribution in [0.5, 0.6) is 0 Å². The van der Waals surface area contributed by atoms with Crippen molar-refractivity contribution in [2.75, 3.05) is 0 Å². The second-order valence-corrected chi connectivity index (χ2v) is 8.94. The normalized spacial score (nSPS) is 11.5. The molecule has 0 atom stereocenters. The highest BCUT2D eigenvalue weighted by molar-refractivity contribution is 7.18. The van der Waals surface area contributed by atoms with Gasteiger partial charge in [-0.15, -0.1) is 11.3 Å². The first kappa shape index (κ1) is 21.9. The molecule has 0 spiro atoms. The molecule has 10 heteroatoms. The van der Waals surface area contributed by atoms with Gasteiger partial charge in [-0.25, -0.2) is 15.1 Å². The van der Waals surface area contributed by atoms with Crippen LogP contribution in [0.1, 0.15) is 33.1 Å². The molecule has 3 aromatic heterocycles. The molecule has 0 radical (unpaired) electrons. The van der Waals surface area contributed by atoms with Crippen molar-refractivity contribution in [3.8, 4) is 0 Å². The minimum Gasteiger partial charge on any atom is -0.309 e. The number of hydrogen-bond acceptors (Lipinski definition) is 6. The quantitative estimate of drug-likeness (QED) is 0.333. The SMILES string of the molecule is Cc1nn(Cc2ccccc2)c(Cl)c1/C=N/NC(=O)Cc1nc2sc(C)c(C)c2c(=O)[nH]1. The maximum Gasteiger partial charge on any atom is 0.259 e. The Morgan fingerprint density at radius 3 is 2.78 bits per heavy atom. The van der Waals surface area contributed by atoms with Crippen molar-refractivity contribution in [1.29, 1.82) is 0 Å². The molecule has 0 aliphatic carbocycles. The Bertz CT molecular complexity index is 1390. The van der Waals surface area contributed by atoms with Crippen LogP contribution in [0, 0.1) is 20.8 Å². The number of aromatic nitrogens is 4. The van der Waals surface area contributed by atoms with Gasteiger partial charge in [0.2, 0.25) is 5.91 Å². The molecule has 4 rings (SSSR count). The monoisotopic (exact) mass is 468 g/mol. The van der Waals surface area contributed by atoms with Crippen molar-refractivity contribution >= 4 is 45.3 Å². The summed E-state index contributed by atoms with van der Waals surface area (Å²) >= 11 is 7.90. The molecular formula is C22H21ClN6O2S. The zero-order valence-electron chi connectivity index (χ0n) is 17.8. The number of hydrazone groups is 1. The van der Waals surface area contributed by atoms with E-state index in [2.05, 4.69) is 25.6 Å². The number of thiophene rings is 1. The predicted molar refractivity (Wildman–Crippen MR) is 127 cm³/mol. The number of carbonyl (C=O) groups excluding carboxylic acids is 1. The average Bonchev–Trinajstić information content (AvgIpc) is 3.18. The minimum absolute atomic E-state index is 0.0987. The fourth-order valence-electron chi connectivity index (χ4n) is 3.32. The van der Waals surface area contributed by atoms with Crippen LogP contribution in [-0.2, 0) is 17.8 Å². The summed E-state index contributed by atoms with van der Waals surface area (Å²) in [5.74, 6) is -0.111. The number of nitrogens with zero attached hydrogens (tertiary/aromatic N) is 4. The van der Waals surface area contributed by atoms with Gasteiger partial charge >= 0.3 is 0 Å². The van der Waals surface area contributed by atoms with Crippen molar-refractivity contribution in [2.24, 2.45) is 5.10 Å². The highest BCUT2D eigenvalue weighted by Gasteiger charge is 2.14. The molecule has 0 saturated heterocycles. The van der Waals surface area contributed by atoms with E-state index in [0.29, 0.717) is 39.0 Å². The van der Waals surface area contributed by atoms with E-state index in [9.17, 15) is 9.59 Å². The molecule has 0 aliphatic heterocycles. The first-order valence-electron chi connectivity index (χ1n) is 9.91. The third-order valence-corrected chi connectivity index (χ3v) is 6.58. The third-order valence-electron chi connectivity index (χ3n) is 5.08. The Balaban J connectivity index is 1.44. The smallest absolute Gasteiger partial charge is 0.259 e. The fourth-order valence-corrected chi connectivity index (χ4v) is 4.65. The Morgan fingerprint density at radius 1 is 1.28 bits per heavy atom. The van der Waals surface area contributed by atoms with Crippen molar-refractivity contribution in [3.05, 3.63) is 78.9 Å². The van der Waals surface area contributed by atoms with E-state index >= 15 is 0 Å². The van der Waals surface area contributed by atoms with Gasteiger partial charge in [0, 0.05) is 4.88 Å². The number of rotatable bonds is 6. The van der Waals surface area contributed by atoms with E-state index in [1.165, 1.54) is 17.6 Å². The molecule has 2 N–H and O–H groups in total. The Hall–Kier alpha value is -3.30. The maximum absolute atomic E-state index is 12.3. The summed E-state index contributed by atoms with van der Waals surface area (Å²) < 4.78 is 1.68. The van der Waals surface area contributed by atoms with Crippen molar-refractivity contribution in [2.45, 2.75) is 33.7 Å². The predicted octanol–water partition coefficient (Wildman–Crippen LogP) is 3.50. The summed E-state index contributed by atoms with van der Waals surface area (Å²) in [6.45, 7) is 6.19. The zero-order valence-corrected chi connectivity index (χ0v) is 19.3. The summed E-state index contributed by atoms with van der Waals surface area (Å²) in [7, 11) is 0. The van der Waals surface area contributed by atoms with Crippen molar-refractivity contribution < 1.29 is 4.79 Å². The Kier molecular flexibility index (Phi) is 6.20. The van der Waals surface area contributed by atoms with Gasteiger partial charge in [0.15, 0.2) is 0 Å². The minimum atomic E-state index is -0.404. The Labute approximate surface area is 193 Å². The zero-order chi connectivity index (χ0) is 22.8. The van der Waals surface area contributed by atoms with Crippen molar-refractivity contribution in [3.63, 3.8) is 0 Å². The van der Waals surface area contributed by atoms with Gasteiger partial charge in [0.1, 0.15) is 15.8 Å². The number of amides is 1. The first-order valence-corrected chi connectivity index (χ1v) is 11.1. The van der Waals surface area contributed by atoms with Crippen LogP contribution in [0.15, 0.2) is 40.2 Å². The van der Waals surface area contributed by atoms with Gasteiger partial charge in [0.25, 0.3) is 5.56 Å². The lowest BCUT2D eigenvalue weighted by atomic mass is 10.2. The summed E-state index contributed by atoms with van der Waals surface area (Å²) in [6, 6.07) is 9.86. The molecule has 0 aliphatic rings. The summed E-state index contributed by atoms with van der Waals surface area (Å²) in [5, 5.41) is 9.46. The van der Waals surface area contributed by atoms with Gasteiger partial charge < -0.3 is 4.98 Å². The van der Waals surface area contributed by atoms with Gasteiger partial charge in [-0.2, -0.15) is 10.2 Å². The van der Waals surface area contributed by atoms with E-state index in [1.54, 1.807) is 4.68 Å². The largest absolute Gasteiger partial charge is 0.309 e. The third kappa shape index (κ3) is 4.49. The number of benzene rings is 1. The first-order chi connectivity index (χ1) is 15.3. The summed E-state index contributed by atoms with van der Waals surface area (Å²) in [6.07, 6.45) is 1.37. The second-order valence-electron chi connectivity index (χ2n) is 7.38. The number of halogens is 1. The summed E-state index contributed by atoms with van der Waals surface area (Å²) in [4.78, 5) is 33.4. The molecule has 4 aromatic rings. The average molecular weight is 469 g/mol. The van der Waals surface area contributed by atoms with Crippen LogP contribution in [0.3, 0.4) is 0 Å². The highest BCUT2D eigenvalue weighted by atomic mass is 35.5. The molecule has 164 valence electrons. The van der Waals surface area contributed by atoms with Gasteiger partial charge in [0.05, 0.1) is 35.8 Å². The van der Waals surface area contributed by atoms with Crippen LogP contribution in [0.25, 0.3) is 10.2 Å².